The highest BCUT2D eigenvalue weighted by Gasteiger charge is 2.40. The zero-order valence-corrected chi connectivity index (χ0v) is 11.5. The molecule has 0 atom stereocenters. The highest BCUT2D eigenvalue weighted by Crippen LogP contribution is 2.35. The average Bonchev–Trinajstić information content (AvgIpc) is 2.88. The zero-order chi connectivity index (χ0) is 13.1. The van der Waals surface area contributed by atoms with Crippen molar-refractivity contribution in [1.29, 1.82) is 0 Å². The molecule has 1 aliphatic carbocycles. The van der Waals surface area contributed by atoms with Gasteiger partial charge >= 0.3 is 0 Å². The molecule has 0 amide bonds. The van der Waals surface area contributed by atoms with Gasteiger partial charge in [0.2, 0.25) is 0 Å². The summed E-state index contributed by atoms with van der Waals surface area (Å²) in [6.45, 7) is 4.47. The van der Waals surface area contributed by atoms with Gasteiger partial charge in [-0.15, -0.1) is 0 Å². The Bertz CT molecular complexity index is 420. The molecule has 0 aromatic carbocycles. The molecule has 1 aliphatic heterocycles. The lowest BCUT2D eigenvalue weighted by Crippen LogP contribution is -2.41. The first-order chi connectivity index (χ1) is 9.27. The fraction of sp³-hybridized carbons (Fsp3) is 0.667. The fourth-order valence-electron chi connectivity index (χ4n) is 2.99. The van der Waals surface area contributed by atoms with Crippen LogP contribution < -0.4 is 5.32 Å². The summed E-state index contributed by atoms with van der Waals surface area (Å²) < 4.78 is 11.5. The van der Waals surface area contributed by atoms with Crippen LogP contribution in [0.1, 0.15) is 36.9 Å². The summed E-state index contributed by atoms with van der Waals surface area (Å²) in [5.41, 5.74) is 2.40. The van der Waals surface area contributed by atoms with Crippen LogP contribution >= 0.6 is 0 Å². The zero-order valence-electron chi connectivity index (χ0n) is 11.5. The fourth-order valence-corrected chi connectivity index (χ4v) is 2.99. The SMILES string of the molecule is Cc1cccnc1CNC1CCC2(CC1)OCCO2. The van der Waals surface area contributed by atoms with E-state index in [1.807, 2.05) is 12.3 Å². The Morgan fingerprint density at radius 2 is 2.05 bits per heavy atom. The van der Waals surface area contributed by atoms with Crippen molar-refractivity contribution in [2.75, 3.05) is 13.2 Å². The molecule has 1 N–H and O–H groups in total. The maximum atomic E-state index is 5.75. The average molecular weight is 262 g/mol. The summed E-state index contributed by atoms with van der Waals surface area (Å²) in [5.74, 6) is -0.251. The molecule has 1 aromatic rings. The molecule has 0 unspecified atom stereocenters. The number of rotatable bonds is 3. The maximum Gasteiger partial charge on any atom is 0.168 e. The minimum atomic E-state index is -0.251. The molecular weight excluding hydrogens is 240 g/mol. The lowest BCUT2D eigenvalue weighted by molar-refractivity contribution is -0.179. The molecule has 3 rings (SSSR count). The van der Waals surface area contributed by atoms with Crippen LogP contribution in [0.2, 0.25) is 0 Å². The lowest BCUT2D eigenvalue weighted by Gasteiger charge is -2.35. The number of ether oxygens (including phenoxy) is 2. The van der Waals surface area contributed by atoms with Crippen LogP contribution in [0.25, 0.3) is 0 Å². The Balaban J connectivity index is 1.49. The van der Waals surface area contributed by atoms with Crippen LogP contribution in [0.5, 0.6) is 0 Å². The van der Waals surface area contributed by atoms with Crippen molar-refractivity contribution in [3.8, 4) is 0 Å². The first kappa shape index (κ1) is 13.0. The van der Waals surface area contributed by atoms with Crippen molar-refractivity contribution in [3.05, 3.63) is 29.6 Å². The van der Waals surface area contributed by atoms with Gasteiger partial charge in [-0.1, -0.05) is 6.07 Å². The van der Waals surface area contributed by atoms with E-state index in [0.717, 1.165) is 51.1 Å². The van der Waals surface area contributed by atoms with Gasteiger partial charge in [-0.3, -0.25) is 4.98 Å². The predicted octanol–water partition coefficient (Wildman–Crippen LogP) is 2.17. The van der Waals surface area contributed by atoms with E-state index >= 15 is 0 Å². The maximum absolute atomic E-state index is 5.75. The van der Waals surface area contributed by atoms with E-state index in [4.69, 9.17) is 9.47 Å². The summed E-state index contributed by atoms with van der Waals surface area (Å²) in [4.78, 5) is 4.42. The molecule has 104 valence electrons. The van der Waals surface area contributed by atoms with E-state index in [1.165, 1.54) is 5.56 Å². The van der Waals surface area contributed by atoms with Crippen LogP contribution in [0.4, 0.5) is 0 Å². The molecule has 2 aliphatic rings. The molecule has 4 heteroatoms. The van der Waals surface area contributed by atoms with E-state index < -0.39 is 0 Å². The number of nitrogens with zero attached hydrogens (tertiary/aromatic N) is 1. The van der Waals surface area contributed by atoms with Crippen LogP contribution in [0.15, 0.2) is 18.3 Å². The molecule has 1 aromatic heterocycles. The van der Waals surface area contributed by atoms with Gasteiger partial charge in [0, 0.05) is 31.6 Å². The van der Waals surface area contributed by atoms with Gasteiger partial charge < -0.3 is 14.8 Å². The monoisotopic (exact) mass is 262 g/mol. The number of nitrogens with one attached hydrogen (secondary N) is 1. The van der Waals surface area contributed by atoms with Gasteiger partial charge in [0.25, 0.3) is 0 Å². The molecule has 0 bridgehead atoms. The van der Waals surface area contributed by atoms with E-state index in [1.54, 1.807) is 0 Å². The highest BCUT2D eigenvalue weighted by atomic mass is 16.7. The molecule has 4 nitrogen and oxygen atoms in total. The van der Waals surface area contributed by atoms with Gasteiger partial charge in [0.15, 0.2) is 5.79 Å². The minimum absolute atomic E-state index is 0.251. The third kappa shape index (κ3) is 2.96. The Hall–Kier alpha value is -0.970. The van der Waals surface area contributed by atoms with Crippen LogP contribution in [-0.4, -0.2) is 30.0 Å². The molecule has 2 fully saturated rings. The minimum Gasteiger partial charge on any atom is -0.348 e. The van der Waals surface area contributed by atoms with Crippen LogP contribution in [-0.2, 0) is 16.0 Å². The van der Waals surface area contributed by atoms with Crippen molar-refractivity contribution in [1.82, 2.24) is 10.3 Å². The number of aromatic nitrogens is 1. The Kier molecular flexibility index (Phi) is 3.82. The van der Waals surface area contributed by atoms with Crippen LogP contribution in [0.3, 0.4) is 0 Å². The topological polar surface area (TPSA) is 43.4 Å². The number of pyridine rings is 1. The van der Waals surface area contributed by atoms with E-state index in [9.17, 15) is 0 Å². The summed E-state index contributed by atoms with van der Waals surface area (Å²) >= 11 is 0. The number of hydrogen-bond acceptors (Lipinski definition) is 4. The molecular formula is C15H22N2O2. The Morgan fingerprint density at radius 1 is 1.32 bits per heavy atom. The number of hydrogen-bond donors (Lipinski definition) is 1. The third-order valence-corrected chi connectivity index (χ3v) is 4.24. The third-order valence-electron chi connectivity index (χ3n) is 4.24. The van der Waals surface area contributed by atoms with E-state index in [-0.39, 0.29) is 5.79 Å². The quantitative estimate of drug-likeness (QED) is 0.906. The summed E-state index contributed by atoms with van der Waals surface area (Å²) in [5, 5.41) is 3.61. The molecule has 1 saturated heterocycles. The first-order valence-corrected chi connectivity index (χ1v) is 7.19. The first-order valence-electron chi connectivity index (χ1n) is 7.19. The van der Waals surface area contributed by atoms with Gasteiger partial charge in [0.1, 0.15) is 0 Å². The second-order valence-corrected chi connectivity index (χ2v) is 5.53. The highest BCUT2D eigenvalue weighted by molar-refractivity contribution is 5.17. The predicted molar refractivity (Wildman–Crippen MR) is 72.7 cm³/mol. The van der Waals surface area contributed by atoms with Crippen molar-refractivity contribution >= 4 is 0 Å². The van der Waals surface area contributed by atoms with Crippen molar-refractivity contribution in [3.63, 3.8) is 0 Å². The van der Waals surface area contributed by atoms with Gasteiger partial charge in [0.05, 0.1) is 18.9 Å². The molecule has 2 heterocycles. The Morgan fingerprint density at radius 3 is 2.74 bits per heavy atom. The standard InChI is InChI=1S/C15H22N2O2/c1-12-3-2-8-16-14(12)11-17-13-4-6-15(7-5-13)18-9-10-19-15/h2-3,8,13,17H,4-7,9-11H2,1H3. The molecule has 0 radical (unpaired) electrons. The summed E-state index contributed by atoms with van der Waals surface area (Å²) in [7, 11) is 0. The molecule has 19 heavy (non-hydrogen) atoms. The lowest BCUT2D eigenvalue weighted by atomic mass is 9.90. The van der Waals surface area contributed by atoms with E-state index in [2.05, 4.69) is 23.3 Å². The summed E-state index contributed by atoms with van der Waals surface area (Å²) in [6, 6.07) is 4.65. The normalized spacial score (nSPS) is 23.0. The summed E-state index contributed by atoms with van der Waals surface area (Å²) in [6.07, 6.45) is 6.11. The van der Waals surface area contributed by atoms with Crippen molar-refractivity contribution in [2.45, 2.75) is 51.0 Å². The van der Waals surface area contributed by atoms with Crippen LogP contribution in [0, 0.1) is 6.92 Å². The second kappa shape index (κ2) is 5.57. The van der Waals surface area contributed by atoms with E-state index in [0.29, 0.717) is 6.04 Å². The smallest absolute Gasteiger partial charge is 0.168 e. The van der Waals surface area contributed by atoms with Gasteiger partial charge in [-0.25, -0.2) is 0 Å². The van der Waals surface area contributed by atoms with Crippen molar-refractivity contribution in [2.24, 2.45) is 0 Å². The van der Waals surface area contributed by atoms with Gasteiger partial charge in [-0.2, -0.15) is 0 Å². The Labute approximate surface area is 114 Å². The van der Waals surface area contributed by atoms with Crippen molar-refractivity contribution < 1.29 is 9.47 Å². The molecule has 1 spiro atoms. The van der Waals surface area contributed by atoms with Gasteiger partial charge in [-0.05, 0) is 31.4 Å². The molecule has 1 saturated carbocycles. The second-order valence-electron chi connectivity index (χ2n) is 5.53. The number of aryl methyl sites for hydroxylation is 1. The largest absolute Gasteiger partial charge is 0.348 e.